The van der Waals surface area contributed by atoms with Crippen LogP contribution in [0.1, 0.15) is 30.7 Å². The quantitative estimate of drug-likeness (QED) is 0.392. The molecule has 0 aliphatic carbocycles. The smallest absolute Gasteiger partial charge is 0.259 e. The van der Waals surface area contributed by atoms with Crippen LogP contribution in [0.25, 0.3) is 0 Å². The number of hydrogen-bond acceptors (Lipinski definition) is 6. The molecule has 3 aromatic rings. The van der Waals surface area contributed by atoms with Crippen molar-refractivity contribution in [2.45, 2.75) is 30.9 Å². The van der Waals surface area contributed by atoms with E-state index in [-0.39, 0.29) is 17.4 Å². The summed E-state index contributed by atoms with van der Waals surface area (Å²) in [5.74, 6) is 1.28. The Morgan fingerprint density at radius 2 is 1.69 bits per heavy atom. The van der Waals surface area contributed by atoms with Gasteiger partial charge in [0.25, 0.3) is 10.0 Å². The Balaban J connectivity index is 1.77. The molecule has 1 aromatic heterocycles. The van der Waals surface area contributed by atoms with Crippen LogP contribution in [0.5, 0.6) is 11.5 Å². The maximum atomic E-state index is 11.5. The summed E-state index contributed by atoms with van der Waals surface area (Å²) in [6, 6.07) is 11.0. The zero-order valence-electron chi connectivity index (χ0n) is 17.3. The molecule has 0 fully saturated rings. The molecule has 0 saturated carbocycles. The number of hydrogen-bond donors (Lipinski definition) is 1. The van der Waals surface area contributed by atoms with E-state index in [0.717, 1.165) is 17.5 Å². The van der Waals surface area contributed by atoms with Crippen LogP contribution in [-0.4, -0.2) is 25.9 Å². The molecule has 2 N–H and O–H groups in total. The average molecular weight is 520 g/mol. The van der Waals surface area contributed by atoms with E-state index in [4.69, 9.17) is 53.8 Å². The van der Waals surface area contributed by atoms with Crippen molar-refractivity contribution in [3.63, 3.8) is 0 Å². The van der Waals surface area contributed by atoms with Gasteiger partial charge in [0, 0.05) is 5.41 Å². The van der Waals surface area contributed by atoms with Gasteiger partial charge in [-0.3, -0.25) is 0 Å². The fourth-order valence-electron chi connectivity index (χ4n) is 3.07. The predicted octanol–water partition coefficient (Wildman–Crippen LogP) is 5.15. The van der Waals surface area contributed by atoms with Crippen molar-refractivity contribution in [1.82, 2.24) is 4.98 Å². The van der Waals surface area contributed by atoms with Crippen molar-refractivity contribution >= 4 is 44.8 Å². The molecule has 11 heteroatoms. The fraction of sp³-hybridized carbons (Fsp3) is 0.286. The molecule has 32 heavy (non-hydrogen) atoms. The highest BCUT2D eigenvalue weighted by Gasteiger charge is 2.26. The molecular weight excluding hydrogens is 499 g/mol. The third kappa shape index (κ3) is 5.50. The molecule has 2 aromatic carbocycles. The summed E-state index contributed by atoms with van der Waals surface area (Å²) in [6.45, 7) is 4.25. The molecule has 1 heterocycles. The normalized spacial score (nSPS) is 12.1. The van der Waals surface area contributed by atoms with Gasteiger partial charge in [0.1, 0.15) is 19.0 Å². The van der Waals surface area contributed by atoms with Crippen LogP contribution < -0.4 is 14.6 Å². The Labute approximate surface area is 201 Å². The lowest BCUT2D eigenvalue weighted by Gasteiger charge is -2.27. The van der Waals surface area contributed by atoms with E-state index >= 15 is 0 Å². The number of halogens is 3. The minimum absolute atomic E-state index is 0.0256. The van der Waals surface area contributed by atoms with Crippen molar-refractivity contribution in [3.05, 3.63) is 69.7 Å². The Morgan fingerprint density at radius 1 is 1.06 bits per heavy atom. The van der Waals surface area contributed by atoms with E-state index in [1.165, 1.54) is 0 Å². The maximum Gasteiger partial charge on any atom is 0.259 e. The van der Waals surface area contributed by atoms with Crippen molar-refractivity contribution in [2.24, 2.45) is 5.14 Å². The number of aromatic nitrogens is 1. The topological polar surface area (TPSA) is 105 Å². The van der Waals surface area contributed by atoms with Crippen LogP contribution in [0.4, 0.5) is 0 Å². The number of rotatable bonds is 9. The molecule has 0 radical (unpaired) electrons. The van der Waals surface area contributed by atoms with E-state index in [2.05, 4.69) is 4.98 Å². The highest BCUT2D eigenvalue weighted by Crippen LogP contribution is 2.40. The summed E-state index contributed by atoms with van der Waals surface area (Å²) < 4.78 is 39.2. The number of nitrogens with two attached hydrogens (primary N) is 1. The summed E-state index contributed by atoms with van der Waals surface area (Å²) in [7, 11) is -3.99. The Hall–Kier alpha value is -1.97. The summed E-state index contributed by atoms with van der Waals surface area (Å²) in [6.07, 6.45) is 1.01. The third-order valence-electron chi connectivity index (χ3n) is 4.86. The minimum atomic E-state index is -3.99. The SMILES string of the molecule is CC(C)(c1ccc(OCc2ocnc2S(N)(=O)=O)cc1)c1cc(Cl)c(OCCCl)c(Cl)c1. The number of primary sulfonamides is 1. The summed E-state index contributed by atoms with van der Waals surface area (Å²) in [5, 5.41) is 5.58. The van der Waals surface area contributed by atoms with E-state index in [1.54, 1.807) is 12.1 Å². The van der Waals surface area contributed by atoms with Crippen molar-refractivity contribution in [3.8, 4) is 11.5 Å². The van der Waals surface area contributed by atoms with E-state index < -0.39 is 15.4 Å². The predicted molar refractivity (Wildman–Crippen MR) is 123 cm³/mol. The first-order valence-corrected chi connectivity index (χ1v) is 12.2. The van der Waals surface area contributed by atoms with Crippen LogP contribution in [-0.2, 0) is 22.0 Å². The van der Waals surface area contributed by atoms with Crippen molar-refractivity contribution in [2.75, 3.05) is 12.5 Å². The molecular formula is C21H21Cl3N2O5S. The molecule has 0 unspecified atom stereocenters. The molecule has 0 amide bonds. The number of oxazole rings is 1. The van der Waals surface area contributed by atoms with Crippen LogP contribution >= 0.6 is 34.8 Å². The van der Waals surface area contributed by atoms with Gasteiger partial charge >= 0.3 is 0 Å². The van der Waals surface area contributed by atoms with Crippen molar-refractivity contribution in [1.29, 1.82) is 0 Å². The molecule has 3 rings (SSSR count). The molecule has 7 nitrogen and oxygen atoms in total. The number of sulfonamides is 1. The second-order valence-electron chi connectivity index (χ2n) is 7.37. The molecule has 0 spiro atoms. The van der Waals surface area contributed by atoms with Crippen molar-refractivity contribution < 1.29 is 22.3 Å². The molecule has 0 aliphatic heterocycles. The Bertz CT molecular complexity index is 1170. The molecule has 0 bridgehead atoms. The Morgan fingerprint density at radius 3 is 2.25 bits per heavy atom. The van der Waals surface area contributed by atoms with Gasteiger partial charge in [-0.15, -0.1) is 11.6 Å². The summed E-state index contributed by atoms with van der Waals surface area (Å²) in [5.41, 5.74) is 1.46. The second kappa shape index (κ2) is 9.89. The van der Waals surface area contributed by atoms with Crippen LogP contribution in [0, 0.1) is 0 Å². The standard InChI is InChI=1S/C21H21Cl3N2O5S/c1-21(2,14-9-16(23)19(17(24)10-14)29-8-7-22)13-3-5-15(6-4-13)30-11-18-20(26-12-31-18)32(25,27)28/h3-6,9-10,12H,7-8,11H2,1-2H3,(H2,25,27,28). The second-order valence-corrected chi connectivity index (χ2v) is 10.0. The lowest BCUT2D eigenvalue weighted by molar-refractivity contribution is 0.265. The fourth-order valence-corrected chi connectivity index (χ4v) is 4.36. The highest BCUT2D eigenvalue weighted by molar-refractivity contribution is 7.89. The van der Waals surface area contributed by atoms with E-state index in [0.29, 0.717) is 34.0 Å². The van der Waals surface area contributed by atoms with Gasteiger partial charge in [-0.25, -0.2) is 18.5 Å². The highest BCUT2D eigenvalue weighted by atomic mass is 35.5. The van der Waals surface area contributed by atoms with Gasteiger partial charge in [0.2, 0.25) is 5.03 Å². The van der Waals surface area contributed by atoms with Gasteiger partial charge in [-0.2, -0.15) is 0 Å². The van der Waals surface area contributed by atoms with Crippen LogP contribution in [0.3, 0.4) is 0 Å². The lowest BCUT2D eigenvalue weighted by Crippen LogP contribution is -2.19. The largest absolute Gasteiger partial charge is 0.489 e. The zero-order valence-corrected chi connectivity index (χ0v) is 20.4. The zero-order chi connectivity index (χ0) is 23.5. The number of alkyl halides is 1. The van der Waals surface area contributed by atoms with Gasteiger partial charge in [0.15, 0.2) is 17.9 Å². The van der Waals surface area contributed by atoms with Crippen LogP contribution in [0.2, 0.25) is 10.0 Å². The summed E-state index contributed by atoms with van der Waals surface area (Å²) >= 11 is 18.4. The van der Waals surface area contributed by atoms with Gasteiger partial charge in [0.05, 0.1) is 15.9 Å². The van der Waals surface area contributed by atoms with Gasteiger partial charge in [-0.05, 0) is 35.4 Å². The molecule has 0 saturated heterocycles. The lowest BCUT2D eigenvalue weighted by atomic mass is 9.78. The van der Waals surface area contributed by atoms with Gasteiger partial charge < -0.3 is 13.9 Å². The number of benzene rings is 2. The summed E-state index contributed by atoms with van der Waals surface area (Å²) in [4.78, 5) is 3.62. The first kappa shape index (κ1) is 24.7. The van der Waals surface area contributed by atoms with Crippen LogP contribution in [0.15, 0.2) is 52.2 Å². The number of ether oxygens (including phenoxy) is 2. The van der Waals surface area contributed by atoms with E-state index in [1.807, 2.05) is 38.1 Å². The average Bonchev–Trinajstić information content (AvgIpc) is 3.21. The molecule has 0 atom stereocenters. The molecule has 0 aliphatic rings. The number of nitrogens with zero attached hydrogens (tertiary/aromatic N) is 1. The maximum absolute atomic E-state index is 11.5. The van der Waals surface area contributed by atoms with Gasteiger partial charge in [-0.1, -0.05) is 49.2 Å². The first-order chi connectivity index (χ1) is 15.0. The minimum Gasteiger partial charge on any atom is -0.489 e. The first-order valence-electron chi connectivity index (χ1n) is 9.41. The third-order valence-corrected chi connectivity index (χ3v) is 6.45. The monoisotopic (exact) mass is 518 g/mol. The molecule has 172 valence electrons. The Kier molecular flexibility index (Phi) is 7.62. The van der Waals surface area contributed by atoms with E-state index in [9.17, 15) is 8.42 Å².